The van der Waals surface area contributed by atoms with Crippen LogP contribution in [0.5, 0.6) is 0 Å². The van der Waals surface area contributed by atoms with Crippen LogP contribution in [-0.4, -0.2) is 6.04 Å². The maximum absolute atomic E-state index is 6.15. The van der Waals surface area contributed by atoms with E-state index in [9.17, 15) is 0 Å². The minimum atomic E-state index is 0.374. The molecule has 1 saturated carbocycles. The van der Waals surface area contributed by atoms with E-state index in [4.69, 9.17) is 5.73 Å². The Hall–Kier alpha value is -1.34. The summed E-state index contributed by atoms with van der Waals surface area (Å²) in [6, 6.07) is 15.7. The summed E-state index contributed by atoms with van der Waals surface area (Å²) in [5.41, 5.74) is 7.64. The highest BCUT2D eigenvalue weighted by molar-refractivity contribution is 5.86. The Kier molecular flexibility index (Phi) is 2.64. The summed E-state index contributed by atoms with van der Waals surface area (Å²) >= 11 is 0. The first-order chi connectivity index (χ1) is 8.27. The molecule has 0 aliphatic heterocycles. The molecule has 3 rings (SSSR count). The minimum Gasteiger partial charge on any atom is -0.327 e. The zero-order valence-corrected chi connectivity index (χ0v) is 10.3. The summed E-state index contributed by atoms with van der Waals surface area (Å²) in [6.07, 6.45) is 2.39. The third-order valence-corrected chi connectivity index (χ3v) is 4.34. The molecule has 0 radical (unpaired) electrons. The van der Waals surface area contributed by atoms with Gasteiger partial charge in [-0.15, -0.1) is 0 Å². The second kappa shape index (κ2) is 4.15. The summed E-state index contributed by atoms with van der Waals surface area (Å²) in [5.74, 6) is 1.23. The lowest BCUT2D eigenvalue weighted by molar-refractivity contribution is 0.481. The normalized spacial score (nSPS) is 28.7. The van der Waals surface area contributed by atoms with E-state index < -0.39 is 0 Å². The maximum Gasteiger partial charge on any atom is 0.00705 e. The van der Waals surface area contributed by atoms with Crippen molar-refractivity contribution in [3.8, 4) is 0 Å². The molecule has 0 heterocycles. The van der Waals surface area contributed by atoms with Crippen molar-refractivity contribution in [1.82, 2.24) is 0 Å². The Morgan fingerprint density at radius 3 is 2.53 bits per heavy atom. The van der Waals surface area contributed by atoms with Gasteiger partial charge in [-0.1, -0.05) is 49.4 Å². The van der Waals surface area contributed by atoms with Crippen molar-refractivity contribution < 1.29 is 0 Å². The van der Waals surface area contributed by atoms with Gasteiger partial charge in [-0.05, 0) is 41.0 Å². The summed E-state index contributed by atoms with van der Waals surface area (Å²) in [7, 11) is 0. The second-order valence-electron chi connectivity index (χ2n) is 5.28. The Labute approximate surface area is 103 Å². The van der Waals surface area contributed by atoms with Gasteiger partial charge in [0.2, 0.25) is 0 Å². The standard InChI is InChI=1S/C16H19N/c1-11-13(9-10-16(11)17)15-8-4-6-12-5-2-3-7-14(12)15/h2-8,11,13,16H,9-10,17H2,1H3. The van der Waals surface area contributed by atoms with Gasteiger partial charge in [-0.2, -0.15) is 0 Å². The Balaban J connectivity index is 2.11. The molecule has 88 valence electrons. The number of nitrogens with two attached hydrogens (primary N) is 1. The van der Waals surface area contributed by atoms with Gasteiger partial charge in [0, 0.05) is 6.04 Å². The molecule has 3 atom stereocenters. The molecule has 0 aromatic heterocycles. The minimum absolute atomic E-state index is 0.374. The molecule has 2 N–H and O–H groups in total. The lowest BCUT2D eigenvalue weighted by Gasteiger charge is -2.20. The lowest BCUT2D eigenvalue weighted by Crippen LogP contribution is -2.24. The molecule has 0 spiro atoms. The van der Waals surface area contributed by atoms with Crippen molar-refractivity contribution in [2.45, 2.75) is 31.7 Å². The topological polar surface area (TPSA) is 26.0 Å². The van der Waals surface area contributed by atoms with E-state index in [2.05, 4.69) is 49.4 Å². The second-order valence-corrected chi connectivity index (χ2v) is 5.28. The van der Waals surface area contributed by atoms with Gasteiger partial charge in [0.05, 0.1) is 0 Å². The Morgan fingerprint density at radius 1 is 1.00 bits per heavy atom. The van der Waals surface area contributed by atoms with Crippen LogP contribution in [0, 0.1) is 5.92 Å². The highest BCUT2D eigenvalue weighted by atomic mass is 14.7. The first kappa shape index (κ1) is 10.8. The molecule has 0 saturated heterocycles. The van der Waals surface area contributed by atoms with Gasteiger partial charge in [-0.3, -0.25) is 0 Å². The van der Waals surface area contributed by atoms with Crippen molar-refractivity contribution >= 4 is 10.8 Å². The highest BCUT2D eigenvalue weighted by Gasteiger charge is 2.31. The number of hydrogen-bond acceptors (Lipinski definition) is 1. The molecule has 1 aliphatic carbocycles. The van der Waals surface area contributed by atoms with E-state index in [0.29, 0.717) is 17.9 Å². The smallest absolute Gasteiger partial charge is 0.00705 e. The zero-order valence-electron chi connectivity index (χ0n) is 10.3. The van der Waals surface area contributed by atoms with Crippen LogP contribution in [0.4, 0.5) is 0 Å². The molecule has 1 fully saturated rings. The Morgan fingerprint density at radius 2 is 1.76 bits per heavy atom. The van der Waals surface area contributed by atoms with Crippen molar-refractivity contribution in [3.05, 3.63) is 48.0 Å². The molecule has 2 aromatic rings. The number of hydrogen-bond donors (Lipinski definition) is 1. The molecule has 3 unspecified atom stereocenters. The van der Waals surface area contributed by atoms with Crippen LogP contribution >= 0.6 is 0 Å². The third kappa shape index (κ3) is 1.75. The maximum atomic E-state index is 6.15. The molecule has 0 bridgehead atoms. The van der Waals surface area contributed by atoms with Gasteiger partial charge in [0.1, 0.15) is 0 Å². The van der Waals surface area contributed by atoms with Gasteiger partial charge >= 0.3 is 0 Å². The average molecular weight is 225 g/mol. The molecular weight excluding hydrogens is 206 g/mol. The summed E-state index contributed by atoms with van der Waals surface area (Å²) in [5, 5.41) is 2.75. The predicted molar refractivity (Wildman–Crippen MR) is 73.1 cm³/mol. The van der Waals surface area contributed by atoms with E-state index in [0.717, 1.165) is 6.42 Å². The molecule has 17 heavy (non-hydrogen) atoms. The van der Waals surface area contributed by atoms with Crippen LogP contribution in [0.3, 0.4) is 0 Å². The Bertz CT molecular complexity index is 527. The van der Waals surface area contributed by atoms with Gasteiger partial charge in [0.25, 0.3) is 0 Å². The highest BCUT2D eigenvalue weighted by Crippen LogP contribution is 2.41. The van der Waals surface area contributed by atoms with E-state index in [1.54, 1.807) is 0 Å². The van der Waals surface area contributed by atoms with Crippen molar-refractivity contribution in [1.29, 1.82) is 0 Å². The monoisotopic (exact) mass is 225 g/mol. The van der Waals surface area contributed by atoms with E-state index in [1.807, 2.05) is 0 Å². The van der Waals surface area contributed by atoms with Crippen LogP contribution in [0.1, 0.15) is 31.2 Å². The third-order valence-electron chi connectivity index (χ3n) is 4.34. The fourth-order valence-corrected chi connectivity index (χ4v) is 3.21. The molecular formula is C16H19N. The van der Waals surface area contributed by atoms with Gasteiger partial charge < -0.3 is 5.73 Å². The van der Waals surface area contributed by atoms with Crippen LogP contribution in [0.25, 0.3) is 10.8 Å². The van der Waals surface area contributed by atoms with Gasteiger partial charge in [-0.25, -0.2) is 0 Å². The number of fused-ring (bicyclic) bond motifs is 1. The SMILES string of the molecule is CC1C(N)CCC1c1cccc2ccccc12. The van der Waals surface area contributed by atoms with Crippen LogP contribution in [0.2, 0.25) is 0 Å². The van der Waals surface area contributed by atoms with Crippen molar-refractivity contribution in [3.63, 3.8) is 0 Å². The fraction of sp³-hybridized carbons (Fsp3) is 0.375. The van der Waals surface area contributed by atoms with Crippen molar-refractivity contribution in [2.24, 2.45) is 11.7 Å². The largest absolute Gasteiger partial charge is 0.327 e. The fourth-order valence-electron chi connectivity index (χ4n) is 3.21. The van der Waals surface area contributed by atoms with E-state index in [-0.39, 0.29) is 0 Å². The number of rotatable bonds is 1. The molecule has 2 aromatic carbocycles. The van der Waals surface area contributed by atoms with E-state index >= 15 is 0 Å². The average Bonchev–Trinajstić information content (AvgIpc) is 2.69. The van der Waals surface area contributed by atoms with E-state index in [1.165, 1.54) is 22.8 Å². The van der Waals surface area contributed by atoms with Crippen LogP contribution in [-0.2, 0) is 0 Å². The van der Waals surface area contributed by atoms with Crippen molar-refractivity contribution in [2.75, 3.05) is 0 Å². The molecule has 0 amide bonds. The van der Waals surface area contributed by atoms with Gasteiger partial charge in [0.15, 0.2) is 0 Å². The predicted octanol–water partition coefficient (Wildman–Crippen LogP) is 3.68. The first-order valence-electron chi connectivity index (χ1n) is 6.50. The zero-order chi connectivity index (χ0) is 11.8. The quantitative estimate of drug-likeness (QED) is 0.787. The molecule has 1 aliphatic rings. The van der Waals surface area contributed by atoms with Crippen LogP contribution in [0.15, 0.2) is 42.5 Å². The number of benzene rings is 2. The summed E-state index contributed by atoms with van der Waals surface area (Å²) < 4.78 is 0. The van der Waals surface area contributed by atoms with Crippen LogP contribution < -0.4 is 5.73 Å². The first-order valence-corrected chi connectivity index (χ1v) is 6.50. The molecule has 1 nitrogen and oxygen atoms in total. The summed E-state index contributed by atoms with van der Waals surface area (Å²) in [6.45, 7) is 2.30. The molecule has 1 heteroatoms. The lowest BCUT2D eigenvalue weighted by atomic mass is 9.86. The summed E-state index contributed by atoms with van der Waals surface area (Å²) in [4.78, 5) is 0.